The SMILES string of the molecule is O=C(N[C@@H]1C[C@H]2CN[C@H]1C2)c1ccc2cncn2c1. The Balaban J connectivity index is 1.53. The van der Waals surface area contributed by atoms with Gasteiger partial charge in [0.2, 0.25) is 0 Å². The van der Waals surface area contributed by atoms with Gasteiger partial charge in [-0.3, -0.25) is 4.79 Å². The van der Waals surface area contributed by atoms with Gasteiger partial charge in [0.05, 0.1) is 23.6 Å². The molecule has 1 saturated heterocycles. The molecule has 5 heteroatoms. The molecule has 2 aromatic rings. The standard InChI is InChI=1S/C14H16N4O/c19-14(17-13-4-9-3-12(13)16-5-9)10-1-2-11-6-15-8-18(11)7-10/h1-2,6-9,12-13,16H,3-5H2,(H,17,19)/t9-,12-,13+/m0/s1. The van der Waals surface area contributed by atoms with Gasteiger partial charge in [0.25, 0.3) is 5.91 Å². The lowest BCUT2D eigenvalue weighted by Gasteiger charge is -2.23. The zero-order valence-corrected chi connectivity index (χ0v) is 10.5. The smallest absolute Gasteiger partial charge is 0.253 e. The molecule has 2 bridgehead atoms. The van der Waals surface area contributed by atoms with Crippen molar-refractivity contribution < 1.29 is 4.79 Å². The summed E-state index contributed by atoms with van der Waals surface area (Å²) >= 11 is 0. The van der Waals surface area contributed by atoms with Crippen molar-refractivity contribution in [1.82, 2.24) is 20.0 Å². The minimum atomic E-state index is 0.00921. The van der Waals surface area contributed by atoms with Crippen LogP contribution in [0, 0.1) is 5.92 Å². The van der Waals surface area contributed by atoms with Crippen LogP contribution in [-0.2, 0) is 0 Å². The Bertz CT molecular complexity index is 635. The molecule has 3 heterocycles. The van der Waals surface area contributed by atoms with Gasteiger partial charge in [-0.25, -0.2) is 4.98 Å². The number of rotatable bonds is 2. The molecule has 0 radical (unpaired) electrons. The van der Waals surface area contributed by atoms with Gasteiger partial charge in [-0.1, -0.05) is 0 Å². The van der Waals surface area contributed by atoms with Gasteiger partial charge < -0.3 is 15.0 Å². The Kier molecular flexibility index (Phi) is 2.35. The summed E-state index contributed by atoms with van der Waals surface area (Å²) in [7, 11) is 0. The van der Waals surface area contributed by atoms with E-state index in [1.807, 2.05) is 22.7 Å². The number of fused-ring (bicyclic) bond motifs is 3. The summed E-state index contributed by atoms with van der Waals surface area (Å²) in [6.45, 7) is 1.11. The Hall–Kier alpha value is -1.88. The van der Waals surface area contributed by atoms with Gasteiger partial charge in [0.1, 0.15) is 0 Å². The van der Waals surface area contributed by atoms with Crippen molar-refractivity contribution in [2.45, 2.75) is 24.9 Å². The molecule has 5 nitrogen and oxygen atoms in total. The maximum atomic E-state index is 12.3. The molecule has 3 atom stereocenters. The second-order valence-corrected chi connectivity index (χ2v) is 5.58. The van der Waals surface area contributed by atoms with E-state index in [1.54, 1.807) is 12.5 Å². The first-order chi connectivity index (χ1) is 9.29. The predicted molar refractivity (Wildman–Crippen MR) is 71.0 cm³/mol. The van der Waals surface area contributed by atoms with E-state index in [4.69, 9.17) is 0 Å². The lowest BCUT2D eigenvalue weighted by Crippen LogP contribution is -2.47. The molecule has 1 aliphatic heterocycles. The fraction of sp³-hybridized carbons (Fsp3) is 0.429. The summed E-state index contributed by atoms with van der Waals surface area (Å²) < 4.78 is 1.87. The lowest BCUT2D eigenvalue weighted by molar-refractivity contribution is 0.0928. The monoisotopic (exact) mass is 256 g/mol. The summed E-state index contributed by atoms with van der Waals surface area (Å²) in [5.74, 6) is 0.751. The summed E-state index contributed by atoms with van der Waals surface area (Å²) in [5.41, 5.74) is 1.69. The van der Waals surface area contributed by atoms with Crippen LogP contribution < -0.4 is 10.6 Å². The molecule has 2 aliphatic rings. The van der Waals surface area contributed by atoms with Crippen LogP contribution in [0.2, 0.25) is 0 Å². The summed E-state index contributed by atoms with van der Waals surface area (Å²) in [6, 6.07) is 4.52. The zero-order valence-electron chi connectivity index (χ0n) is 10.5. The van der Waals surface area contributed by atoms with Crippen molar-refractivity contribution in [3.8, 4) is 0 Å². The first-order valence-electron chi connectivity index (χ1n) is 6.75. The fourth-order valence-corrected chi connectivity index (χ4v) is 3.32. The van der Waals surface area contributed by atoms with E-state index in [0.29, 0.717) is 11.6 Å². The molecule has 98 valence electrons. The number of hydrogen-bond acceptors (Lipinski definition) is 3. The van der Waals surface area contributed by atoms with E-state index in [2.05, 4.69) is 15.6 Å². The number of aromatic nitrogens is 2. The highest BCUT2D eigenvalue weighted by Crippen LogP contribution is 2.31. The molecule has 1 saturated carbocycles. The van der Waals surface area contributed by atoms with Crippen LogP contribution >= 0.6 is 0 Å². The highest BCUT2D eigenvalue weighted by molar-refractivity contribution is 5.94. The van der Waals surface area contributed by atoms with Crippen LogP contribution in [-0.4, -0.2) is 33.9 Å². The number of imidazole rings is 1. The lowest BCUT2D eigenvalue weighted by atomic mass is 10.1. The number of nitrogens with zero attached hydrogens (tertiary/aromatic N) is 2. The van der Waals surface area contributed by atoms with Crippen LogP contribution in [0.4, 0.5) is 0 Å². The van der Waals surface area contributed by atoms with Crippen molar-refractivity contribution in [3.63, 3.8) is 0 Å². The molecule has 0 spiro atoms. The molecule has 2 fully saturated rings. The molecule has 0 aromatic carbocycles. The van der Waals surface area contributed by atoms with Crippen LogP contribution in [0.5, 0.6) is 0 Å². The second-order valence-electron chi connectivity index (χ2n) is 5.58. The van der Waals surface area contributed by atoms with Crippen molar-refractivity contribution in [3.05, 3.63) is 36.4 Å². The summed E-state index contributed by atoms with van der Waals surface area (Å²) in [4.78, 5) is 16.3. The zero-order chi connectivity index (χ0) is 12.8. The van der Waals surface area contributed by atoms with Crippen LogP contribution in [0.15, 0.2) is 30.9 Å². The molecular formula is C14H16N4O. The Morgan fingerprint density at radius 2 is 2.37 bits per heavy atom. The van der Waals surface area contributed by atoms with E-state index >= 15 is 0 Å². The normalized spacial score (nSPS) is 28.9. The average Bonchev–Trinajstić information content (AvgIpc) is 3.13. The molecule has 0 unspecified atom stereocenters. The fourth-order valence-electron chi connectivity index (χ4n) is 3.32. The Morgan fingerprint density at radius 1 is 1.42 bits per heavy atom. The number of amides is 1. The van der Waals surface area contributed by atoms with Gasteiger partial charge in [-0.2, -0.15) is 0 Å². The van der Waals surface area contributed by atoms with Crippen molar-refractivity contribution in [1.29, 1.82) is 0 Å². The van der Waals surface area contributed by atoms with Gasteiger partial charge >= 0.3 is 0 Å². The number of hydrogen-bond donors (Lipinski definition) is 2. The number of piperidine rings is 1. The first kappa shape index (κ1) is 11.0. The number of pyridine rings is 1. The van der Waals surface area contributed by atoms with Crippen LogP contribution in [0.1, 0.15) is 23.2 Å². The first-order valence-corrected chi connectivity index (χ1v) is 6.75. The topological polar surface area (TPSA) is 58.4 Å². The highest BCUT2D eigenvalue weighted by Gasteiger charge is 2.40. The van der Waals surface area contributed by atoms with E-state index in [0.717, 1.165) is 24.4 Å². The van der Waals surface area contributed by atoms with Crippen molar-refractivity contribution in [2.75, 3.05) is 6.54 Å². The van der Waals surface area contributed by atoms with Crippen LogP contribution in [0.25, 0.3) is 5.52 Å². The third kappa shape index (κ3) is 1.81. The second kappa shape index (κ2) is 4.06. The molecule has 4 rings (SSSR count). The minimum Gasteiger partial charge on any atom is -0.348 e. The number of carbonyl (C=O) groups is 1. The average molecular weight is 256 g/mol. The molecular weight excluding hydrogens is 240 g/mol. The van der Waals surface area contributed by atoms with E-state index in [1.165, 1.54) is 6.42 Å². The molecule has 19 heavy (non-hydrogen) atoms. The molecule has 1 amide bonds. The quantitative estimate of drug-likeness (QED) is 0.836. The Labute approximate surface area is 111 Å². The van der Waals surface area contributed by atoms with Gasteiger partial charge in [0.15, 0.2) is 0 Å². The van der Waals surface area contributed by atoms with E-state index < -0.39 is 0 Å². The third-order valence-corrected chi connectivity index (χ3v) is 4.32. The molecule has 2 N–H and O–H groups in total. The predicted octanol–water partition coefficient (Wildman–Crippen LogP) is 0.814. The van der Waals surface area contributed by atoms with E-state index in [-0.39, 0.29) is 11.9 Å². The third-order valence-electron chi connectivity index (χ3n) is 4.32. The summed E-state index contributed by atoms with van der Waals surface area (Å²) in [6.07, 6.45) is 7.63. The number of carbonyl (C=O) groups excluding carboxylic acids is 1. The summed E-state index contributed by atoms with van der Waals surface area (Å²) in [5, 5.41) is 6.61. The number of nitrogens with one attached hydrogen (secondary N) is 2. The largest absolute Gasteiger partial charge is 0.348 e. The van der Waals surface area contributed by atoms with E-state index in [9.17, 15) is 4.79 Å². The minimum absolute atomic E-state index is 0.00921. The van der Waals surface area contributed by atoms with Gasteiger partial charge in [0, 0.05) is 18.3 Å². The molecule has 2 aromatic heterocycles. The van der Waals surface area contributed by atoms with Crippen LogP contribution in [0.3, 0.4) is 0 Å². The van der Waals surface area contributed by atoms with Gasteiger partial charge in [-0.15, -0.1) is 0 Å². The Morgan fingerprint density at radius 3 is 3.16 bits per heavy atom. The maximum Gasteiger partial charge on any atom is 0.253 e. The maximum absolute atomic E-state index is 12.3. The van der Waals surface area contributed by atoms with Gasteiger partial charge in [-0.05, 0) is 37.4 Å². The van der Waals surface area contributed by atoms with Crippen molar-refractivity contribution in [2.24, 2.45) is 5.92 Å². The highest BCUT2D eigenvalue weighted by atomic mass is 16.1. The van der Waals surface area contributed by atoms with Crippen molar-refractivity contribution >= 4 is 11.4 Å². The molecule has 1 aliphatic carbocycles.